The minimum absolute atomic E-state index is 0.177. The normalized spacial score (nSPS) is 16.7. The Morgan fingerprint density at radius 2 is 1.60 bits per heavy atom. The molecular formula is C24H32N2O3S. The minimum Gasteiger partial charge on any atom is -0.345 e. The maximum Gasteiger partial charge on any atom is 0.252 e. The Bertz CT molecular complexity index is 1020. The van der Waals surface area contributed by atoms with Crippen LogP contribution in [-0.2, 0) is 10.0 Å². The molecule has 0 radical (unpaired) electrons. The molecule has 1 fully saturated rings. The number of benzene rings is 2. The standard InChI is InChI=1S/C24H32N2O3S/c1-17-9-12-22(19(3)15-17)20(4)25-24(27)23-16-21(11-10-18(23)2)30(28,29)26-13-7-5-6-8-14-26/h9-12,15-16,20H,5-8,13-14H2,1-4H3,(H,25,27)/t20-/m1/s1. The van der Waals surface area contributed by atoms with E-state index in [1.807, 2.05) is 39.8 Å². The first-order chi connectivity index (χ1) is 14.2. The van der Waals surface area contributed by atoms with E-state index in [4.69, 9.17) is 0 Å². The summed E-state index contributed by atoms with van der Waals surface area (Å²) in [7, 11) is -3.60. The van der Waals surface area contributed by atoms with Gasteiger partial charge in [0.05, 0.1) is 10.9 Å². The fourth-order valence-electron chi connectivity index (χ4n) is 4.10. The number of aryl methyl sites for hydroxylation is 3. The number of carbonyl (C=O) groups is 1. The van der Waals surface area contributed by atoms with Crippen LogP contribution in [0.2, 0.25) is 0 Å². The Hall–Kier alpha value is -2.18. The van der Waals surface area contributed by atoms with Gasteiger partial charge in [0.25, 0.3) is 5.91 Å². The monoisotopic (exact) mass is 428 g/mol. The minimum atomic E-state index is -3.60. The number of sulfonamides is 1. The summed E-state index contributed by atoms with van der Waals surface area (Å²) in [5.74, 6) is -0.257. The van der Waals surface area contributed by atoms with E-state index in [0.717, 1.165) is 42.4 Å². The van der Waals surface area contributed by atoms with Gasteiger partial charge in [-0.05, 0) is 69.4 Å². The zero-order valence-electron chi connectivity index (χ0n) is 18.4. The lowest BCUT2D eigenvalue weighted by Crippen LogP contribution is -2.32. The summed E-state index contributed by atoms with van der Waals surface area (Å²) in [6.07, 6.45) is 3.88. The van der Waals surface area contributed by atoms with Gasteiger partial charge in [0.15, 0.2) is 0 Å². The number of hydrogen-bond donors (Lipinski definition) is 1. The fraction of sp³-hybridized carbons (Fsp3) is 0.458. The summed E-state index contributed by atoms with van der Waals surface area (Å²) in [6, 6.07) is 10.8. The van der Waals surface area contributed by atoms with E-state index in [2.05, 4.69) is 11.4 Å². The second-order valence-corrected chi connectivity index (χ2v) is 10.3. The average Bonchev–Trinajstić information content (AvgIpc) is 2.98. The van der Waals surface area contributed by atoms with Gasteiger partial charge in [0.1, 0.15) is 0 Å². The van der Waals surface area contributed by atoms with Crippen molar-refractivity contribution in [1.29, 1.82) is 0 Å². The largest absolute Gasteiger partial charge is 0.345 e. The Labute approximate surface area is 180 Å². The molecule has 6 heteroatoms. The van der Waals surface area contributed by atoms with Gasteiger partial charge in [-0.1, -0.05) is 42.7 Å². The van der Waals surface area contributed by atoms with E-state index in [1.54, 1.807) is 16.4 Å². The molecule has 1 saturated heterocycles. The first-order valence-electron chi connectivity index (χ1n) is 10.7. The second-order valence-electron chi connectivity index (χ2n) is 8.35. The van der Waals surface area contributed by atoms with Crippen LogP contribution in [0, 0.1) is 20.8 Å². The SMILES string of the molecule is Cc1ccc([C@@H](C)NC(=O)c2cc(S(=O)(=O)N3CCCCCC3)ccc2C)c(C)c1. The molecule has 2 aromatic rings. The molecule has 0 bridgehead atoms. The van der Waals surface area contributed by atoms with Crippen molar-refractivity contribution in [3.8, 4) is 0 Å². The van der Waals surface area contributed by atoms with Gasteiger partial charge >= 0.3 is 0 Å². The van der Waals surface area contributed by atoms with Gasteiger partial charge in [-0.25, -0.2) is 8.42 Å². The zero-order chi connectivity index (χ0) is 21.9. The molecular weight excluding hydrogens is 396 g/mol. The van der Waals surface area contributed by atoms with Crippen molar-refractivity contribution in [2.45, 2.75) is 64.3 Å². The number of hydrogen-bond acceptors (Lipinski definition) is 3. The maximum atomic E-state index is 13.1. The summed E-state index contributed by atoms with van der Waals surface area (Å²) < 4.78 is 27.8. The van der Waals surface area contributed by atoms with Gasteiger partial charge in [0.2, 0.25) is 10.0 Å². The van der Waals surface area contributed by atoms with Crippen LogP contribution in [-0.4, -0.2) is 31.7 Å². The molecule has 30 heavy (non-hydrogen) atoms. The van der Waals surface area contributed by atoms with Crippen molar-refractivity contribution in [1.82, 2.24) is 9.62 Å². The predicted octanol–water partition coefficient (Wildman–Crippen LogP) is 4.67. The molecule has 1 atom stereocenters. The summed E-state index contributed by atoms with van der Waals surface area (Å²) in [5.41, 5.74) is 4.52. The molecule has 2 aromatic carbocycles. The predicted molar refractivity (Wildman–Crippen MR) is 120 cm³/mol. The molecule has 0 spiro atoms. The summed E-state index contributed by atoms with van der Waals surface area (Å²) in [5, 5.41) is 3.03. The first-order valence-corrected chi connectivity index (χ1v) is 12.1. The number of carbonyl (C=O) groups excluding carboxylic acids is 1. The fourth-order valence-corrected chi connectivity index (χ4v) is 5.64. The lowest BCUT2D eigenvalue weighted by Gasteiger charge is -2.21. The van der Waals surface area contributed by atoms with Crippen molar-refractivity contribution in [2.24, 2.45) is 0 Å². The van der Waals surface area contributed by atoms with E-state index in [0.29, 0.717) is 18.7 Å². The van der Waals surface area contributed by atoms with Crippen molar-refractivity contribution in [3.05, 3.63) is 64.2 Å². The molecule has 0 saturated carbocycles. The van der Waals surface area contributed by atoms with Gasteiger partial charge < -0.3 is 5.32 Å². The van der Waals surface area contributed by atoms with E-state index in [9.17, 15) is 13.2 Å². The lowest BCUT2D eigenvalue weighted by molar-refractivity contribution is 0.0939. The summed E-state index contributed by atoms with van der Waals surface area (Å²) in [6.45, 7) is 8.94. The first kappa shape index (κ1) is 22.5. The topological polar surface area (TPSA) is 66.5 Å². The van der Waals surface area contributed by atoms with E-state index < -0.39 is 10.0 Å². The molecule has 1 N–H and O–H groups in total. The molecule has 0 aliphatic carbocycles. The van der Waals surface area contributed by atoms with E-state index in [-0.39, 0.29) is 16.8 Å². The van der Waals surface area contributed by atoms with Crippen molar-refractivity contribution >= 4 is 15.9 Å². The molecule has 1 heterocycles. The van der Waals surface area contributed by atoms with Crippen LogP contribution in [0.25, 0.3) is 0 Å². The van der Waals surface area contributed by atoms with Crippen LogP contribution in [0.1, 0.15) is 71.3 Å². The highest BCUT2D eigenvalue weighted by Gasteiger charge is 2.26. The highest BCUT2D eigenvalue weighted by atomic mass is 32.2. The third-order valence-electron chi connectivity index (χ3n) is 5.90. The number of rotatable bonds is 5. The summed E-state index contributed by atoms with van der Waals surface area (Å²) in [4.78, 5) is 13.2. The smallest absolute Gasteiger partial charge is 0.252 e. The highest BCUT2D eigenvalue weighted by Crippen LogP contribution is 2.24. The highest BCUT2D eigenvalue weighted by molar-refractivity contribution is 7.89. The Morgan fingerprint density at radius 3 is 2.23 bits per heavy atom. The third kappa shape index (κ3) is 4.93. The summed E-state index contributed by atoms with van der Waals surface area (Å²) >= 11 is 0. The second kappa shape index (κ2) is 9.31. The van der Waals surface area contributed by atoms with Crippen LogP contribution in [0.3, 0.4) is 0 Å². The molecule has 5 nitrogen and oxygen atoms in total. The lowest BCUT2D eigenvalue weighted by atomic mass is 9.99. The average molecular weight is 429 g/mol. The molecule has 162 valence electrons. The molecule has 3 rings (SSSR count). The third-order valence-corrected chi connectivity index (χ3v) is 7.79. The van der Waals surface area contributed by atoms with Crippen LogP contribution < -0.4 is 5.32 Å². The van der Waals surface area contributed by atoms with Gasteiger partial charge in [-0.2, -0.15) is 4.31 Å². The zero-order valence-corrected chi connectivity index (χ0v) is 19.2. The van der Waals surface area contributed by atoms with Gasteiger partial charge in [-0.15, -0.1) is 0 Å². The van der Waals surface area contributed by atoms with Crippen LogP contribution in [0.4, 0.5) is 0 Å². The quantitative estimate of drug-likeness (QED) is 0.753. The molecule has 1 aliphatic rings. The Kier molecular flexibility index (Phi) is 6.98. The van der Waals surface area contributed by atoms with E-state index in [1.165, 1.54) is 11.6 Å². The number of nitrogens with zero attached hydrogens (tertiary/aromatic N) is 1. The van der Waals surface area contributed by atoms with Crippen molar-refractivity contribution in [2.75, 3.05) is 13.1 Å². The molecule has 1 amide bonds. The van der Waals surface area contributed by atoms with Crippen molar-refractivity contribution in [3.63, 3.8) is 0 Å². The van der Waals surface area contributed by atoms with Crippen LogP contribution in [0.5, 0.6) is 0 Å². The van der Waals surface area contributed by atoms with Crippen LogP contribution in [0.15, 0.2) is 41.3 Å². The molecule has 0 aromatic heterocycles. The van der Waals surface area contributed by atoms with E-state index >= 15 is 0 Å². The Balaban J connectivity index is 1.84. The number of amides is 1. The molecule has 0 unspecified atom stereocenters. The molecule has 1 aliphatic heterocycles. The maximum absolute atomic E-state index is 13.1. The van der Waals surface area contributed by atoms with Gasteiger partial charge in [-0.3, -0.25) is 4.79 Å². The van der Waals surface area contributed by atoms with Gasteiger partial charge in [0, 0.05) is 18.7 Å². The Morgan fingerprint density at radius 1 is 0.933 bits per heavy atom. The number of nitrogens with one attached hydrogen (secondary N) is 1. The van der Waals surface area contributed by atoms with Crippen molar-refractivity contribution < 1.29 is 13.2 Å². The van der Waals surface area contributed by atoms with Crippen LogP contribution >= 0.6 is 0 Å².